The van der Waals surface area contributed by atoms with Crippen molar-refractivity contribution in [3.05, 3.63) is 59.7 Å². The number of ether oxygens (including phenoxy) is 3. The van der Waals surface area contributed by atoms with Gasteiger partial charge in [-0.25, -0.2) is 0 Å². The standard InChI is InChI=1S/C21H24N2O4/c24-21(20-15-26-18-7-3-4-8-19(18)27-20)22-13-16-5-1-2-6-17(16)14-23-9-11-25-12-10-23/h1-8,20H,9-15H2,(H,22,24). The van der Waals surface area contributed by atoms with Crippen molar-refractivity contribution in [2.75, 3.05) is 32.9 Å². The van der Waals surface area contributed by atoms with Gasteiger partial charge in [-0.15, -0.1) is 0 Å². The molecule has 0 radical (unpaired) electrons. The lowest BCUT2D eigenvalue weighted by Gasteiger charge is -2.28. The molecule has 27 heavy (non-hydrogen) atoms. The summed E-state index contributed by atoms with van der Waals surface area (Å²) in [6.07, 6.45) is -0.633. The quantitative estimate of drug-likeness (QED) is 0.875. The summed E-state index contributed by atoms with van der Waals surface area (Å²) in [5, 5.41) is 2.99. The molecule has 2 aromatic carbocycles. The first-order valence-electron chi connectivity index (χ1n) is 9.33. The van der Waals surface area contributed by atoms with Crippen molar-refractivity contribution >= 4 is 5.91 Å². The largest absolute Gasteiger partial charge is 0.485 e. The summed E-state index contributed by atoms with van der Waals surface area (Å²) in [5.41, 5.74) is 2.35. The summed E-state index contributed by atoms with van der Waals surface area (Å²) in [5.74, 6) is 1.12. The van der Waals surface area contributed by atoms with Crippen LogP contribution < -0.4 is 14.8 Å². The highest BCUT2D eigenvalue weighted by atomic mass is 16.6. The number of carbonyl (C=O) groups excluding carboxylic acids is 1. The molecule has 2 aliphatic rings. The Labute approximate surface area is 159 Å². The van der Waals surface area contributed by atoms with Gasteiger partial charge in [0.2, 0.25) is 6.10 Å². The predicted octanol–water partition coefficient (Wildman–Crippen LogP) is 1.97. The molecule has 1 unspecified atom stereocenters. The Balaban J connectivity index is 1.35. The molecule has 1 N–H and O–H groups in total. The van der Waals surface area contributed by atoms with Gasteiger partial charge in [0.05, 0.1) is 13.2 Å². The number of morpholine rings is 1. The molecule has 1 fully saturated rings. The normalized spacial score (nSPS) is 19.5. The zero-order valence-electron chi connectivity index (χ0n) is 15.2. The molecule has 6 nitrogen and oxygen atoms in total. The SMILES string of the molecule is O=C(NCc1ccccc1CN1CCOCC1)C1COc2ccccc2O1. The third-order valence-electron chi connectivity index (χ3n) is 4.87. The Bertz CT molecular complexity index is 789. The van der Waals surface area contributed by atoms with Gasteiger partial charge in [0.25, 0.3) is 5.91 Å². The third kappa shape index (κ3) is 4.40. The molecule has 0 aromatic heterocycles. The number of rotatable bonds is 5. The van der Waals surface area contributed by atoms with E-state index in [0.29, 0.717) is 18.0 Å². The molecule has 1 amide bonds. The van der Waals surface area contributed by atoms with Crippen LogP contribution in [-0.2, 0) is 22.6 Å². The summed E-state index contributed by atoms with van der Waals surface area (Å²) in [7, 11) is 0. The molecule has 0 bridgehead atoms. The molecule has 2 aliphatic heterocycles. The summed E-state index contributed by atoms with van der Waals surface area (Å²) in [4.78, 5) is 14.9. The van der Waals surface area contributed by atoms with Crippen molar-refractivity contribution in [1.82, 2.24) is 10.2 Å². The molecule has 1 atom stereocenters. The summed E-state index contributed by atoms with van der Waals surface area (Å²) < 4.78 is 16.8. The van der Waals surface area contributed by atoms with Crippen LogP contribution in [0.15, 0.2) is 48.5 Å². The first-order chi connectivity index (χ1) is 13.3. The number of carbonyl (C=O) groups is 1. The first-order valence-corrected chi connectivity index (χ1v) is 9.33. The van der Waals surface area contributed by atoms with Crippen LogP contribution in [0.3, 0.4) is 0 Å². The molecule has 0 aliphatic carbocycles. The number of benzene rings is 2. The van der Waals surface area contributed by atoms with Crippen LogP contribution in [0.4, 0.5) is 0 Å². The molecule has 4 rings (SSSR count). The van der Waals surface area contributed by atoms with E-state index in [-0.39, 0.29) is 12.5 Å². The Hall–Kier alpha value is -2.57. The van der Waals surface area contributed by atoms with Crippen LogP contribution in [-0.4, -0.2) is 49.8 Å². The van der Waals surface area contributed by atoms with Crippen molar-refractivity contribution in [1.29, 1.82) is 0 Å². The van der Waals surface area contributed by atoms with Crippen molar-refractivity contribution in [2.45, 2.75) is 19.2 Å². The van der Waals surface area contributed by atoms with E-state index in [4.69, 9.17) is 14.2 Å². The van der Waals surface area contributed by atoms with E-state index in [1.54, 1.807) is 0 Å². The maximum Gasteiger partial charge on any atom is 0.264 e. The fourth-order valence-corrected chi connectivity index (χ4v) is 3.33. The third-order valence-corrected chi connectivity index (χ3v) is 4.87. The van der Waals surface area contributed by atoms with Gasteiger partial charge >= 0.3 is 0 Å². The monoisotopic (exact) mass is 368 g/mol. The first kappa shape index (κ1) is 17.8. The van der Waals surface area contributed by atoms with E-state index in [9.17, 15) is 4.79 Å². The number of para-hydroxylation sites is 2. The highest BCUT2D eigenvalue weighted by molar-refractivity contribution is 5.81. The van der Waals surface area contributed by atoms with Crippen molar-refractivity contribution < 1.29 is 19.0 Å². The summed E-state index contributed by atoms with van der Waals surface area (Å²) in [6, 6.07) is 15.6. The van der Waals surface area contributed by atoms with E-state index in [0.717, 1.165) is 38.4 Å². The highest BCUT2D eigenvalue weighted by Crippen LogP contribution is 2.30. The van der Waals surface area contributed by atoms with Crippen molar-refractivity contribution in [3.8, 4) is 11.5 Å². The van der Waals surface area contributed by atoms with Crippen LogP contribution in [0.5, 0.6) is 11.5 Å². The minimum Gasteiger partial charge on any atom is -0.485 e. The Morgan fingerprint density at radius 3 is 2.52 bits per heavy atom. The zero-order chi connectivity index (χ0) is 18.5. The van der Waals surface area contributed by atoms with Crippen LogP contribution in [0.1, 0.15) is 11.1 Å². The number of amides is 1. The van der Waals surface area contributed by atoms with Gasteiger partial charge in [-0.2, -0.15) is 0 Å². The number of hydrogen-bond acceptors (Lipinski definition) is 5. The van der Waals surface area contributed by atoms with Gasteiger partial charge in [-0.3, -0.25) is 9.69 Å². The van der Waals surface area contributed by atoms with Crippen molar-refractivity contribution in [3.63, 3.8) is 0 Å². The lowest BCUT2D eigenvalue weighted by molar-refractivity contribution is -0.130. The van der Waals surface area contributed by atoms with E-state index in [2.05, 4.69) is 22.3 Å². The number of nitrogens with one attached hydrogen (secondary N) is 1. The van der Waals surface area contributed by atoms with E-state index < -0.39 is 6.10 Å². The lowest BCUT2D eigenvalue weighted by Crippen LogP contribution is -2.43. The molecule has 2 aromatic rings. The van der Waals surface area contributed by atoms with Crippen LogP contribution in [0, 0.1) is 0 Å². The Morgan fingerprint density at radius 2 is 1.70 bits per heavy atom. The molecule has 2 heterocycles. The fourth-order valence-electron chi connectivity index (χ4n) is 3.33. The van der Waals surface area contributed by atoms with Crippen LogP contribution in [0.25, 0.3) is 0 Å². The minimum absolute atomic E-state index is 0.161. The second kappa shape index (κ2) is 8.41. The molecule has 6 heteroatoms. The van der Waals surface area contributed by atoms with Crippen LogP contribution in [0.2, 0.25) is 0 Å². The van der Waals surface area contributed by atoms with Gasteiger partial charge < -0.3 is 19.5 Å². The average Bonchev–Trinajstić information content (AvgIpc) is 2.73. The maximum atomic E-state index is 12.5. The van der Waals surface area contributed by atoms with Gasteiger partial charge in [0.1, 0.15) is 6.61 Å². The molecular weight excluding hydrogens is 344 g/mol. The fraction of sp³-hybridized carbons (Fsp3) is 0.381. The summed E-state index contributed by atoms with van der Waals surface area (Å²) in [6.45, 7) is 4.99. The molecule has 0 saturated carbocycles. The molecular formula is C21H24N2O4. The van der Waals surface area contributed by atoms with Gasteiger partial charge in [-0.05, 0) is 23.3 Å². The average molecular weight is 368 g/mol. The summed E-state index contributed by atoms with van der Waals surface area (Å²) >= 11 is 0. The molecule has 142 valence electrons. The lowest BCUT2D eigenvalue weighted by atomic mass is 10.1. The number of fused-ring (bicyclic) bond motifs is 1. The second-order valence-corrected chi connectivity index (χ2v) is 6.74. The molecule has 1 saturated heterocycles. The van der Waals surface area contributed by atoms with E-state index in [1.165, 1.54) is 5.56 Å². The highest BCUT2D eigenvalue weighted by Gasteiger charge is 2.27. The van der Waals surface area contributed by atoms with E-state index in [1.807, 2.05) is 36.4 Å². The van der Waals surface area contributed by atoms with Gasteiger partial charge in [0.15, 0.2) is 11.5 Å². The second-order valence-electron chi connectivity index (χ2n) is 6.74. The van der Waals surface area contributed by atoms with Gasteiger partial charge in [-0.1, -0.05) is 36.4 Å². The van der Waals surface area contributed by atoms with E-state index >= 15 is 0 Å². The number of hydrogen-bond donors (Lipinski definition) is 1. The topological polar surface area (TPSA) is 60.0 Å². The predicted molar refractivity (Wildman–Crippen MR) is 101 cm³/mol. The van der Waals surface area contributed by atoms with Crippen LogP contribution >= 0.6 is 0 Å². The van der Waals surface area contributed by atoms with Gasteiger partial charge in [0, 0.05) is 26.2 Å². The Kier molecular flexibility index (Phi) is 5.55. The zero-order valence-corrected chi connectivity index (χ0v) is 15.2. The smallest absolute Gasteiger partial charge is 0.264 e. The molecule has 0 spiro atoms. The maximum absolute atomic E-state index is 12.5. The minimum atomic E-state index is -0.633. The Morgan fingerprint density at radius 1 is 1.00 bits per heavy atom. The number of nitrogens with zero attached hydrogens (tertiary/aromatic N) is 1. The van der Waals surface area contributed by atoms with Crippen molar-refractivity contribution in [2.24, 2.45) is 0 Å².